The third-order valence-electron chi connectivity index (χ3n) is 12.5. The minimum atomic E-state index is -0.878. The van der Waals surface area contributed by atoms with Crippen LogP contribution in [0.4, 0.5) is 42.4 Å². The first-order valence-electron chi connectivity index (χ1n) is 21.9. The van der Waals surface area contributed by atoms with Crippen molar-refractivity contribution in [1.29, 1.82) is 0 Å². The molecule has 3 aromatic carbocycles. The lowest BCUT2D eigenvalue weighted by Gasteiger charge is -2.34. The summed E-state index contributed by atoms with van der Waals surface area (Å²) in [7, 11) is 2.44. The van der Waals surface area contributed by atoms with E-state index in [4.69, 9.17) is 32.5 Å². The van der Waals surface area contributed by atoms with Gasteiger partial charge in [-0.2, -0.15) is 0 Å². The van der Waals surface area contributed by atoms with Gasteiger partial charge in [-0.15, -0.1) is 0 Å². The number of rotatable bonds is 13. The molecule has 0 spiro atoms. The number of likely N-dealkylation sites (tertiary alicyclic amines) is 2. The number of hydrogen-bond donors (Lipinski definition) is 6. The number of nitrogens with two attached hydrogens (primary N) is 2. The van der Waals surface area contributed by atoms with Crippen molar-refractivity contribution in [2.45, 2.75) is 102 Å². The number of anilines is 5. The number of alkyl carbamates (subject to hydrolysis) is 2. The van der Waals surface area contributed by atoms with Gasteiger partial charge in [-0.1, -0.05) is 51.4 Å². The third kappa shape index (κ3) is 10.6. The molecule has 0 radical (unpaired) electrons. The predicted molar refractivity (Wildman–Crippen MR) is 245 cm³/mol. The Labute approximate surface area is 383 Å². The maximum atomic E-state index is 15.1. The Morgan fingerprint density at radius 2 is 1.09 bits per heavy atom. The van der Waals surface area contributed by atoms with Crippen LogP contribution in [0.15, 0.2) is 54.6 Å². The van der Waals surface area contributed by atoms with E-state index in [1.165, 1.54) is 36.2 Å². The first-order valence-corrected chi connectivity index (χ1v) is 22.3. The molecule has 3 heterocycles. The Morgan fingerprint density at radius 3 is 1.46 bits per heavy atom. The minimum Gasteiger partial charge on any atom is -0.453 e. The van der Waals surface area contributed by atoms with Crippen LogP contribution in [0.2, 0.25) is 5.02 Å². The molecule has 1 unspecified atom stereocenters. The van der Waals surface area contributed by atoms with Crippen LogP contribution in [0, 0.1) is 17.7 Å². The standard InChI is InChI=1S/C46H59ClFN9O8/c1-24(2)39(53-45(62)64-5)43(60)55-19-7-9-37(55)41(58)51-33-15-11-26(21-31(33)49)35-17-18-36(57(35)28-13-14-29(47)30(48)23-28)27-12-16-34(32(50)22-27)52-42(59)38-10-8-20-56(38)44(61)40(25(3)4)54-46(63)65-6/h11-16,21-25,35-40H,7-10,17-20,49-50H2,1-6H3,(H,51,58)(H,52,59)(H,53,62)(H,54,63)/t35-,36-,37+,38?,39+,40+/m1/s1. The number of nitrogens with zero attached hydrogens (tertiary/aromatic N) is 3. The van der Waals surface area contributed by atoms with Gasteiger partial charge in [-0.3, -0.25) is 19.2 Å². The van der Waals surface area contributed by atoms with Gasteiger partial charge in [0.2, 0.25) is 23.6 Å². The number of amides is 6. The highest BCUT2D eigenvalue weighted by molar-refractivity contribution is 6.30. The van der Waals surface area contributed by atoms with Gasteiger partial charge in [0.05, 0.1) is 54.1 Å². The largest absolute Gasteiger partial charge is 0.453 e. The molecular formula is C46H59ClFN9O8. The van der Waals surface area contributed by atoms with E-state index in [-0.39, 0.29) is 52.1 Å². The van der Waals surface area contributed by atoms with E-state index in [0.717, 1.165) is 11.1 Å². The lowest BCUT2D eigenvalue weighted by Crippen LogP contribution is -2.54. The Bertz CT molecular complexity index is 2170. The van der Waals surface area contributed by atoms with Crippen LogP contribution in [0.3, 0.4) is 0 Å². The molecule has 3 fully saturated rings. The van der Waals surface area contributed by atoms with Gasteiger partial charge in [0, 0.05) is 18.8 Å². The zero-order valence-corrected chi connectivity index (χ0v) is 38.2. The number of nitrogens with one attached hydrogen (secondary N) is 4. The smallest absolute Gasteiger partial charge is 0.407 e. The normalized spacial score (nSPS) is 20.4. The van der Waals surface area contributed by atoms with E-state index in [2.05, 4.69) is 26.2 Å². The lowest BCUT2D eigenvalue weighted by atomic mass is 10.0. The molecule has 6 rings (SSSR count). The molecule has 6 amide bonds. The Hall–Kier alpha value is -6.30. The van der Waals surface area contributed by atoms with Gasteiger partial charge in [-0.25, -0.2) is 14.0 Å². The van der Waals surface area contributed by atoms with Crippen molar-refractivity contribution in [1.82, 2.24) is 20.4 Å². The number of halogens is 2. The van der Waals surface area contributed by atoms with Crippen LogP contribution >= 0.6 is 11.6 Å². The second-order valence-corrected chi connectivity index (χ2v) is 17.8. The molecule has 350 valence electrons. The topological polar surface area (TPSA) is 231 Å². The molecule has 8 N–H and O–H groups in total. The zero-order valence-electron chi connectivity index (χ0n) is 37.5. The monoisotopic (exact) mass is 919 g/mol. The molecular weight excluding hydrogens is 861 g/mol. The van der Waals surface area contributed by atoms with Crippen molar-refractivity contribution < 1.29 is 42.6 Å². The van der Waals surface area contributed by atoms with Crippen LogP contribution in [-0.2, 0) is 28.7 Å². The first-order chi connectivity index (χ1) is 30.9. The van der Waals surface area contributed by atoms with E-state index in [1.807, 2.05) is 12.1 Å². The number of hydrogen-bond acceptors (Lipinski definition) is 11. The fourth-order valence-electron chi connectivity index (χ4n) is 9.07. The summed E-state index contributed by atoms with van der Waals surface area (Å²) in [5.74, 6) is -2.67. The van der Waals surface area contributed by atoms with Crippen molar-refractivity contribution in [2.24, 2.45) is 11.8 Å². The number of carbonyl (C=O) groups excluding carboxylic acids is 6. The Morgan fingerprint density at radius 1 is 0.662 bits per heavy atom. The molecule has 0 aromatic heterocycles. The molecule has 0 saturated carbocycles. The van der Waals surface area contributed by atoms with Gasteiger partial charge >= 0.3 is 12.2 Å². The highest BCUT2D eigenvalue weighted by Crippen LogP contribution is 2.48. The summed E-state index contributed by atoms with van der Waals surface area (Å²) in [6.07, 6.45) is 1.86. The molecule has 3 saturated heterocycles. The average molecular weight is 920 g/mol. The number of carbonyl (C=O) groups is 6. The fraction of sp³-hybridized carbons (Fsp3) is 0.478. The fourth-order valence-corrected chi connectivity index (χ4v) is 9.19. The molecule has 3 aliphatic heterocycles. The summed E-state index contributed by atoms with van der Waals surface area (Å²) in [5.41, 5.74) is 16.7. The molecule has 0 aliphatic carbocycles. The van der Waals surface area contributed by atoms with Crippen LogP contribution in [0.1, 0.15) is 89.4 Å². The average Bonchev–Trinajstić information content (AvgIpc) is 4.07. The highest BCUT2D eigenvalue weighted by atomic mass is 35.5. The van der Waals surface area contributed by atoms with Crippen molar-refractivity contribution >= 4 is 75.9 Å². The molecule has 17 nitrogen and oxygen atoms in total. The molecule has 65 heavy (non-hydrogen) atoms. The van der Waals surface area contributed by atoms with Crippen LogP contribution in [0.25, 0.3) is 0 Å². The molecule has 3 aromatic rings. The highest BCUT2D eigenvalue weighted by Gasteiger charge is 2.41. The molecule has 19 heteroatoms. The summed E-state index contributed by atoms with van der Waals surface area (Å²) in [5, 5.41) is 11.0. The SMILES string of the molecule is COC(=O)N[C@H](C(=O)N1CCCC1C(=O)Nc1ccc([C@H]2CC[C@H](c3ccc(NC(=O)[C@@H]4CCCN4C(=O)[C@@H](NC(=O)OC)C(C)C)c(N)c3)N2c2ccc(Cl)c(F)c2)cc1N)C(C)C. The molecule has 6 atom stereocenters. The summed E-state index contributed by atoms with van der Waals surface area (Å²) in [6.45, 7) is 7.89. The van der Waals surface area contributed by atoms with E-state index in [9.17, 15) is 28.8 Å². The summed E-state index contributed by atoms with van der Waals surface area (Å²) in [4.78, 5) is 83.6. The number of ether oxygens (including phenoxy) is 2. The number of methoxy groups -OCH3 is 2. The van der Waals surface area contributed by atoms with Gasteiger partial charge in [0.25, 0.3) is 0 Å². The van der Waals surface area contributed by atoms with Crippen molar-refractivity contribution in [2.75, 3.05) is 54.3 Å². The maximum absolute atomic E-state index is 15.1. The minimum absolute atomic E-state index is 0.0290. The summed E-state index contributed by atoms with van der Waals surface area (Å²) in [6, 6.07) is 11.4. The van der Waals surface area contributed by atoms with Gasteiger partial charge in [0.15, 0.2) is 0 Å². The Balaban J connectivity index is 1.19. The van der Waals surface area contributed by atoms with E-state index >= 15 is 4.39 Å². The van der Waals surface area contributed by atoms with Crippen LogP contribution in [-0.4, -0.2) is 97.1 Å². The van der Waals surface area contributed by atoms with Crippen molar-refractivity contribution in [3.63, 3.8) is 0 Å². The van der Waals surface area contributed by atoms with Gasteiger partial charge in [-0.05, 0) is 104 Å². The first kappa shape index (κ1) is 48.2. The summed E-state index contributed by atoms with van der Waals surface area (Å²) >= 11 is 6.13. The maximum Gasteiger partial charge on any atom is 0.407 e. The van der Waals surface area contributed by atoms with Crippen LogP contribution < -0.4 is 37.6 Å². The predicted octanol–water partition coefficient (Wildman–Crippen LogP) is 6.35. The van der Waals surface area contributed by atoms with Crippen LogP contribution in [0.5, 0.6) is 0 Å². The van der Waals surface area contributed by atoms with Crippen molar-refractivity contribution in [3.8, 4) is 0 Å². The summed E-state index contributed by atoms with van der Waals surface area (Å²) < 4.78 is 24.5. The lowest BCUT2D eigenvalue weighted by molar-refractivity contribution is -0.139. The second-order valence-electron chi connectivity index (χ2n) is 17.4. The second kappa shape index (κ2) is 20.7. The van der Waals surface area contributed by atoms with Gasteiger partial charge in [0.1, 0.15) is 30.0 Å². The quantitative estimate of drug-likeness (QED) is 0.104. The van der Waals surface area contributed by atoms with E-state index in [1.54, 1.807) is 58.0 Å². The van der Waals surface area contributed by atoms with E-state index in [0.29, 0.717) is 68.7 Å². The van der Waals surface area contributed by atoms with Gasteiger partial charge < -0.3 is 56.9 Å². The molecule has 3 aliphatic rings. The molecule has 0 bridgehead atoms. The zero-order chi connectivity index (χ0) is 47.3. The Kier molecular flexibility index (Phi) is 15.3. The number of nitrogen functional groups attached to an aromatic ring is 2. The van der Waals surface area contributed by atoms with Crippen molar-refractivity contribution in [3.05, 3.63) is 76.6 Å². The third-order valence-corrected chi connectivity index (χ3v) is 12.8. The number of benzene rings is 3. The van der Waals surface area contributed by atoms with E-state index < -0.39 is 54.0 Å².